The van der Waals surface area contributed by atoms with Gasteiger partial charge in [0.05, 0.1) is 0 Å². The Bertz CT molecular complexity index is 734. The monoisotopic (exact) mass is 338 g/mol. The largest absolute Gasteiger partial charge is 0.507 e. The van der Waals surface area contributed by atoms with Crippen molar-refractivity contribution in [3.05, 3.63) is 57.6 Å². The van der Waals surface area contributed by atoms with E-state index in [9.17, 15) is 10.2 Å². The summed E-state index contributed by atoms with van der Waals surface area (Å²) in [6.45, 7) is 10.4. The maximum atomic E-state index is 10.8. The van der Waals surface area contributed by atoms with Crippen LogP contribution in [-0.4, -0.2) is 10.2 Å². The molecule has 1 saturated carbocycles. The SMILES string of the molecule is Cc1cc(C)c(O)c(C(c2cc(C)cc(C)c2O)C2CCCC2C)c1. The van der Waals surface area contributed by atoms with Gasteiger partial charge in [-0.05, 0) is 57.1 Å². The van der Waals surface area contributed by atoms with Crippen molar-refractivity contribution in [3.8, 4) is 11.5 Å². The summed E-state index contributed by atoms with van der Waals surface area (Å²) in [6.07, 6.45) is 3.59. The van der Waals surface area contributed by atoms with Crippen molar-refractivity contribution in [3.63, 3.8) is 0 Å². The van der Waals surface area contributed by atoms with Gasteiger partial charge in [-0.25, -0.2) is 0 Å². The Morgan fingerprint density at radius 1 is 0.800 bits per heavy atom. The molecule has 0 spiro atoms. The zero-order valence-corrected chi connectivity index (χ0v) is 16.1. The predicted molar refractivity (Wildman–Crippen MR) is 104 cm³/mol. The summed E-state index contributed by atoms with van der Waals surface area (Å²) in [4.78, 5) is 0. The highest BCUT2D eigenvalue weighted by molar-refractivity contribution is 5.53. The molecule has 2 atom stereocenters. The molecular formula is C23H30O2. The minimum absolute atomic E-state index is 0.0368. The maximum Gasteiger partial charge on any atom is 0.122 e. The Balaban J connectivity index is 2.25. The average Bonchev–Trinajstić information content (AvgIpc) is 2.95. The average molecular weight is 338 g/mol. The molecule has 1 fully saturated rings. The number of hydrogen-bond donors (Lipinski definition) is 2. The van der Waals surface area contributed by atoms with Gasteiger partial charge in [0.1, 0.15) is 11.5 Å². The second-order valence-electron chi connectivity index (χ2n) is 8.09. The van der Waals surface area contributed by atoms with Crippen LogP contribution in [0, 0.1) is 39.5 Å². The number of aryl methyl sites for hydroxylation is 4. The molecule has 1 aliphatic rings. The molecule has 0 radical (unpaired) electrons. The van der Waals surface area contributed by atoms with E-state index in [-0.39, 0.29) is 5.92 Å². The zero-order chi connectivity index (χ0) is 18.3. The molecule has 2 aromatic carbocycles. The summed E-state index contributed by atoms with van der Waals surface area (Å²) in [5.41, 5.74) is 6.08. The van der Waals surface area contributed by atoms with Crippen LogP contribution in [0.2, 0.25) is 0 Å². The lowest BCUT2D eigenvalue weighted by Gasteiger charge is -2.30. The molecule has 0 amide bonds. The van der Waals surface area contributed by atoms with Gasteiger partial charge in [-0.1, -0.05) is 55.2 Å². The molecule has 2 aromatic rings. The van der Waals surface area contributed by atoms with Crippen LogP contribution in [0.5, 0.6) is 11.5 Å². The molecular weight excluding hydrogens is 308 g/mol. The third-order valence-corrected chi connectivity index (χ3v) is 5.97. The molecule has 0 heterocycles. The van der Waals surface area contributed by atoms with Crippen molar-refractivity contribution in [2.45, 2.75) is 59.8 Å². The standard InChI is InChI=1S/C23H30O2/c1-13-9-16(4)22(24)19(11-13)21(18-8-6-7-15(18)3)20-12-14(2)10-17(5)23(20)25/h9-12,15,18,21,24-25H,6-8H2,1-5H3. The van der Waals surface area contributed by atoms with Gasteiger partial charge in [0, 0.05) is 17.0 Å². The van der Waals surface area contributed by atoms with Crippen LogP contribution in [0.25, 0.3) is 0 Å². The van der Waals surface area contributed by atoms with Gasteiger partial charge < -0.3 is 10.2 Å². The second kappa shape index (κ2) is 6.74. The first-order valence-corrected chi connectivity index (χ1v) is 9.39. The molecule has 0 saturated heterocycles. The zero-order valence-electron chi connectivity index (χ0n) is 16.1. The molecule has 0 bridgehead atoms. The van der Waals surface area contributed by atoms with Gasteiger partial charge in [-0.2, -0.15) is 0 Å². The number of aromatic hydroxyl groups is 2. The molecule has 0 aliphatic heterocycles. The van der Waals surface area contributed by atoms with E-state index in [1.807, 2.05) is 26.0 Å². The van der Waals surface area contributed by atoms with E-state index in [0.29, 0.717) is 23.3 Å². The molecule has 0 aromatic heterocycles. The topological polar surface area (TPSA) is 40.5 Å². The first kappa shape index (κ1) is 17.8. The lowest BCUT2D eigenvalue weighted by atomic mass is 9.74. The fourth-order valence-corrected chi connectivity index (χ4v) is 4.76. The van der Waals surface area contributed by atoms with Crippen molar-refractivity contribution in [1.29, 1.82) is 0 Å². The Kier molecular flexibility index (Phi) is 4.81. The summed E-state index contributed by atoms with van der Waals surface area (Å²) < 4.78 is 0. The van der Waals surface area contributed by atoms with Crippen LogP contribution < -0.4 is 0 Å². The minimum atomic E-state index is 0.0368. The van der Waals surface area contributed by atoms with E-state index in [1.165, 1.54) is 12.8 Å². The smallest absolute Gasteiger partial charge is 0.122 e. The molecule has 2 N–H and O–H groups in total. The minimum Gasteiger partial charge on any atom is -0.507 e. The van der Waals surface area contributed by atoms with Crippen molar-refractivity contribution >= 4 is 0 Å². The molecule has 1 aliphatic carbocycles. The van der Waals surface area contributed by atoms with Crippen molar-refractivity contribution < 1.29 is 10.2 Å². The number of rotatable bonds is 3. The van der Waals surface area contributed by atoms with E-state index in [4.69, 9.17) is 0 Å². The van der Waals surface area contributed by atoms with E-state index >= 15 is 0 Å². The van der Waals surface area contributed by atoms with Crippen LogP contribution >= 0.6 is 0 Å². The summed E-state index contributed by atoms with van der Waals surface area (Å²) in [5.74, 6) is 1.83. The molecule has 25 heavy (non-hydrogen) atoms. The Labute approximate surface area is 151 Å². The van der Waals surface area contributed by atoms with Gasteiger partial charge in [-0.15, -0.1) is 0 Å². The van der Waals surface area contributed by atoms with E-state index in [0.717, 1.165) is 39.8 Å². The number of phenols is 2. The second-order valence-corrected chi connectivity index (χ2v) is 8.09. The quantitative estimate of drug-likeness (QED) is 0.731. The fourth-order valence-electron chi connectivity index (χ4n) is 4.76. The van der Waals surface area contributed by atoms with E-state index in [1.54, 1.807) is 0 Å². The third kappa shape index (κ3) is 3.27. The Hall–Kier alpha value is -1.96. The molecule has 3 rings (SSSR count). The van der Waals surface area contributed by atoms with Gasteiger partial charge in [0.25, 0.3) is 0 Å². The fraction of sp³-hybridized carbons (Fsp3) is 0.478. The van der Waals surface area contributed by atoms with Gasteiger partial charge in [-0.3, -0.25) is 0 Å². The van der Waals surface area contributed by atoms with E-state index < -0.39 is 0 Å². The summed E-state index contributed by atoms with van der Waals surface area (Å²) >= 11 is 0. The maximum absolute atomic E-state index is 10.8. The Morgan fingerprint density at radius 2 is 1.28 bits per heavy atom. The Morgan fingerprint density at radius 3 is 1.68 bits per heavy atom. The first-order chi connectivity index (χ1) is 11.8. The van der Waals surface area contributed by atoms with Gasteiger partial charge >= 0.3 is 0 Å². The van der Waals surface area contributed by atoms with Gasteiger partial charge in [0.2, 0.25) is 0 Å². The molecule has 2 unspecified atom stereocenters. The number of hydrogen-bond acceptors (Lipinski definition) is 2. The number of benzene rings is 2. The summed E-state index contributed by atoms with van der Waals surface area (Å²) in [7, 11) is 0. The highest BCUT2D eigenvalue weighted by Gasteiger charge is 2.36. The van der Waals surface area contributed by atoms with Crippen LogP contribution in [0.3, 0.4) is 0 Å². The third-order valence-electron chi connectivity index (χ3n) is 5.97. The lowest BCUT2D eigenvalue weighted by molar-refractivity contribution is 0.356. The molecule has 134 valence electrons. The van der Waals surface area contributed by atoms with Crippen molar-refractivity contribution in [1.82, 2.24) is 0 Å². The first-order valence-electron chi connectivity index (χ1n) is 9.39. The van der Waals surface area contributed by atoms with Crippen LogP contribution in [0.4, 0.5) is 0 Å². The summed E-state index contributed by atoms with van der Waals surface area (Å²) in [6, 6.07) is 8.26. The lowest BCUT2D eigenvalue weighted by Crippen LogP contribution is -2.18. The van der Waals surface area contributed by atoms with Gasteiger partial charge in [0.15, 0.2) is 0 Å². The molecule has 2 nitrogen and oxygen atoms in total. The van der Waals surface area contributed by atoms with E-state index in [2.05, 4.69) is 32.9 Å². The normalized spacial score (nSPS) is 20.4. The van der Waals surface area contributed by atoms with Crippen LogP contribution in [0.15, 0.2) is 24.3 Å². The van der Waals surface area contributed by atoms with Crippen LogP contribution in [0.1, 0.15) is 65.5 Å². The highest BCUT2D eigenvalue weighted by atomic mass is 16.3. The summed E-state index contributed by atoms with van der Waals surface area (Å²) in [5, 5.41) is 21.7. The predicted octanol–water partition coefficient (Wildman–Crippen LogP) is 5.90. The molecule has 2 heteroatoms. The number of phenolic OH excluding ortho intramolecular Hbond substituents is 2. The van der Waals surface area contributed by atoms with Crippen LogP contribution in [-0.2, 0) is 0 Å². The highest BCUT2D eigenvalue weighted by Crippen LogP contribution is 2.50. The van der Waals surface area contributed by atoms with Crippen molar-refractivity contribution in [2.75, 3.05) is 0 Å². The van der Waals surface area contributed by atoms with Crippen molar-refractivity contribution in [2.24, 2.45) is 11.8 Å².